The molecule has 0 aromatic heterocycles. The van der Waals surface area contributed by atoms with Crippen molar-refractivity contribution in [3.63, 3.8) is 0 Å². The third-order valence-electron chi connectivity index (χ3n) is 4.18. The maximum atomic E-state index is 10.6. The van der Waals surface area contributed by atoms with Crippen LogP contribution in [0.5, 0.6) is 0 Å². The van der Waals surface area contributed by atoms with Gasteiger partial charge in [-0.05, 0) is 48.9 Å². The topological polar surface area (TPSA) is 44.0 Å². The van der Waals surface area contributed by atoms with Gasteiger partial charge in [-0.1, -0.05) is 36.5 Å². The molecule has 0 amide bonds. The molecule has 102 valence electrons. The van der Waals surface area contributed by atoms with Gasteiger partial charge in [-0.2, -0.15) is 5.26 Å². The molecule has 1 aliphatic carbocycles. The monoisotopic (exact) mass is 297 g/mol. The Labute approximate surface area is 124 Å². The second-order valence-corrected chi connectivity index (χ2v) is 6.26. The minimum Gasteiger partial charge on any atom is -0.387 e. The highest BCUT2D eigenvalue weighted by Gasteiger charge is 2.45. The smallest absolute Gasteiger partial charge is 0.0977 e. The van der Waals surface area contributed by atoms with E-state index in [1.807, 2.05) is 0 Å². The molecule has 1 fully saturated rings. The lowest BCUT2D eigenvalue weighted by atomic mass is 9.78. The van der Waals surface area contributed by atoms with Gasteiger partial charge < -0.3 is 5.11 Å². The van der Waals surface area contributed by atoms with Gasteiger partial charge in [-0.25, -0.2) is 0 Å². The van der Waals surface area contributed by atoms with Gasteiger partial charge in [-0.15, -0.1) is 0 Å². The Balaban J connectivity index is 2.31. The molecule has 1 aliphatic rings. The maximum absolute atomic E-state index is 10.6. The van der Waals surface area contributed by atoms with Crippen LogP contribution in [0.25, 0.3) is 0 Å². The van der Waals surface area contributed by atoms with E-state index in [-0.39, 0.29) is 0 Å². The van der Waals surface area contributed by atoms with Crippen LogP contribution in [-0.4, -0.2) is 5.11 Å². The molecule has 2 rings (SSSR count). The van der Waals surface area contributed by atoms with Gasteiger partial charge in [0.2, 0.25) is 0 Å². The molecule has 1 aromatic rings. The van der Waals surface area contributed by atoms with Crippen molar-refractivity contribution in [3.05, 3.63) is 33.8 Å². The van der Waals surface area contributed by atoms with Crippen LogP contribution in [0.2, 0.25) is 10.0 Å². The van der Waals surface area contributed by atoms with E-state index < -0.39 is 11.5 Å². The van der Waals surface area contributed by atoms with E-state index in [0.717, 1.165) is 25.7 Å². The average molecular weight is 298 g/mol. The molecule has 0 aliphatic heterocycles. The Morgan fingerprint density at radius 3 is 2.53 bits per heavy atom. The van der Waals surface area contributed by atoms with Gasteiger partial charge in [0.1, 0.15) is 0 Å². The molecule has 0 radical (unpaired) electrons. The molecule has 3 atom stereocenters. The van der Waals surface area contributed by atoms with E-state index >= 15 is 0 Å². The van der Waals surface area contributed by atoms with Gasteiger partial charge in [0, 0.05) is 10.0 Å². The molecular weight excluding hydrogens is 281 g/mol. The number of halogens is 2. The fraction of sp³-hybridized carbons (Fsp3) is 0.533. The standard InChI is InChI=1S/C15H17Cl2NO/c1-2-10-3-4-15(8-10,9-18)14(19)11-5-12(16)7-13(17)6-11/h5-7,10,14,19H,2-4,8H2,1H3. The first-order valence-electron chi connectivity index (χ1n) is 6.56. The Bertz CT molecular complexity index is 491. The summed E-state index contributed by atoms with van der Waals surface area (Å²) in [5, 5.41) is 21.1. The highest BCUT2D eigenvalue weighted by molar-refractivity contribution is 6.34. The van der Waals surface area contributed by atoms with E-state index in [1.165, 1.54) is 0 Å². The number of hydrogen-bond acceptors (Lipinski definition) is 2. The van der Waals surface area contributed by atoms with E-state index in [4.69, 9.17) is 23.2 Å². The number of benzene rings is 1. The summed E-state index contributed by atoms with van der Waals surface area (Å²) in [6, 6.07) is 7.35. The van der Waals surface area contributed by atoms with Crippen LogP contribution >= 0.6 is 23.2 Å². The zero-order valence-electron chi connectivity index (χ0n) is 10.9. The zero-order valence-corrected chi connectivity index (χ0v) is 12.4. The van der Waals surface area contributed by atoms with Crippen LogP contribution in [0.4, 0.5) is 0 Å². The molecular formula is C15H17Cl2NO. The summed E-state index contributed by atoms with van der Waals surface area (Å²) in [4.78, 5) is 0. The lowest BCUT2D eigenvalue weighted by molar-refractivity contribution is 0.0641. The molecule has 0 spiro atoms. The third kappa shape index (κ3) is 2.89. The fourth-order valence-electron chi connectivity index (χ4n) is 2.99. The molecule has 1 aromatic carbocycles. The molecule has 0 heterocycles. The normalized spacial score (nSPS) is 28.1. The fourth-order valence-corrected chi connectivity index (χ4v) is 3.54. The van der Waals surface area contributed by atoms with Gasteiger partial charge in [0.05, 0.1) is 17.6 Å². The van der Waals surface area contributed by atoms with Crippen molar-refractivity contribution < 1.29 is 5.11 Å². The van der Waals surface area contributed by atoms with E-state index in [1.54, 1.807) is 18.2 Å². The van der Waals surface area contributed by atoms with Crippen LogP contribution in [-0.2, 0) is 0 Å². The van der Waals surface area contributed by atoms with Gasteiger partial charge in [-0.3, -0.25) is 0 Å². The van der Waals surface area contributed by atoms with Crippen LogP contribution in [0, 0.1) is 22.7 Å². The number of aliphatic hydroxyl groups is 1. The Morgan fingerprint density at radius 2 is 2.05 bits per heavy atom. The van der Waals surface area contributed by atoms with Crippen molar-refractivity contribution in [1.82, 2.24) is 0 Å². The van der Waals surface area contributed by atoms with E-state index in [0.29, 0.717) is 21.5 Å². The maximum Gasteiger partial charge on any atom is 0.0977 e. The summed E-state index contributed by atoms with van der Waals surface area (Å²) >= 11 is 11.9. The lowest BCUT2D eigenvalue weighted by Gasteiger charge is -2.28. The second-order valence-electron chi connectivity index (χ2n) is 5.39. The first kappa shape index (κ1) is 14.7. The highest BCUT2D eigenvalue weighted by atomic mass is 35.5. The predicted octanol–water partition coefficient (Wildman–Crippen LogP) is 4.75. The summed E-state index contributed by atoms with van der Waals surface area (Å²) in [6.45, 7) is 2.13. The van der Waals surface area contributed by atoms with E-state index in [2.05, 4.69) is 13.0 Å². The third-order valence-corrected chi connectivity index (χ3v) is 4.61. The summed E-state index contributed by atoms with van der Waals surface area (Å²) in [5.74, 6) is 0.518. The van der Waals surface area contributed by atoms with Crippen LogP contribution in [0.1, 0.15) is 44.3 Å². The summed E-state index contributed by atoms with van der Waals surface area (Å²) in [6.07, 6.45) is 2.69. The number of nitrogens with zero attached hydrogens (tertiary/aromatic N) is 1. The zero-order chi connectivity index (χ0) is 14.0. The molecule has 0 bridgehead atoms. The van der Waals surface area contributed by atoms with Crippen molar-refractivity contribution in [2.24, 2.45) is 11.3 Å². The van der Waals surface area contributed by atoms with Crippen LogP contribution in [0.15, 0.2) is 18.2 Å². The predicted molar refractivity (Wildman–Crippen MR) is 77.1 cm³/mol. The van der Waals surface area contributed by atoms with Gasteiger partial charge in [0.25, 0.3) is 0 Å². The molecule has 1 N–H and O–H groups in total. The number of rotatable bonds is 3. The Morgan fingerprint density at radius 1 is 1.42 bits per heavy atom. The number of hydrogen-bond donors (Lipinski definition) is 1. The van der Waals surface area contributed by atoms with Crippen LogP contribution < -0.4 is 0 Å². The van der Waals surface area contributed by atoms with Crippen molar-refractivity contribution in [2.75, 3.05) is 0 Å². The average Bonchev–Trinajstić information content (AvgIpc) is 2.81. The SMILES string of the molecule is CCC1CCC(C#N)(C(O)c2cc(Cl)cc(Cl)c2)C1. The molecule has 0 saturated heterocycles. The minimum atomic E-state index is -0.828. The van der Waals surface area contributed by atoms with E-state index in [9.17, 15) is 10.4 Å². The quantitative estimate of drug-likeness (QED) is 0.875. The minimum absolute atomic E-state index is 0.486. The molecule has 4 heteroatoms. The number of aliphatic hydroxyl groups excluding tert-OH is 1. The summed E-state index contributed by atoms with van der Waals surface area (Å²) in [5.41, 5.74) is -0.0647. The summed E-state index contributed by atoms with van der Waals surface area (Å²) < 4.78 is 0. The number of nitriles is 1. The van der Waals surface area contributed by atoms with Crippen molar-refractivity contribution >= 4 is 23.2 Å². The molecule has 2 nitrogen and oxygen atoms in total. The van der Waals surface area contributed by atoms with Gasteiger partial charge in [0.15, 0.2) is 0 Å². The highest BCUT2D eigenvalue weighted by Crippen LogP contribution is 2.50. The van der Waals surface area contributed by atoms with Gasteiger partial charge >= 0.3 is 0 Å². The van der Waals surface area contributed by atoms with Crippen molar-refractivity contribution in [3.8, 4) is 6.07 Å². The molecule has 3 unspecified atom stereocenters. The Hall–Kier alpha value is -0.750. The second kappa shape index (κ2) is 5.71. The summed E-state index contributed by atoms with van der Waals surface area (Å²) in [7, 11) is 0. The first-order chi connectivity index (χ1) is 9.00. The van der Waals surface area contributed by atoms with Crippen molar-refractivity contribution in [1.29, 1.82) is 5.26 Å². The largest absolute Gasteiger partial charge is 0.387 e. The first-order valence-corrected chi connectivity index (χ1v) is 7.31. The molecule has 19 heavy (non-hydrogen) atoms. The molecule has 1 saturated carbocycles. The lowest BCUT2D eigenvalue weighted by Crippen LogP contribution is -2.24. The van der Waals surface area contributed by atoms with Crippen molar-refractivity contribution in [2.45, 2.75) is 38.7 Å². The van der Waals surface area contributed by atoms with Crippen LogP contribution in [0.3, 0.4) is 0 Å². The Kier molecular flexibility index (Phi) is 4.40.